The summed E-state index contributed by atoms with van der Waals surface area (Å²) in [5, 5.41) is 15.2. The zero-order valence-electron chi connectivity index (χ0n) is 24.0. The Bertz CT molecular complexity index is 1630. The number of benzene rings is 1. The predicted molar refractivity (Wildman–Crippen MR) is 162 cm³/mol. The van der Waals surface area contributed by atoms with E-state index in [4.69, 9.17) is 4.42 Å². The Balaban J connectivity index is 0.000000243. The van der Waals surface area contributed by atoms with Crippen molar-refractivity contribution in [3.8, 4) is 11.3 Å². The minimum Gasteiger partial charge on any atom is -0.512 e. The van der Waals surface area contributed by atoms with Crippen molar-refractivity contribution < 1.29 is 34.4 Å². The average Bonchev–Trinajstić information content (AvgIpc) is 3.49. The number of aromatic nitrogens is 2. The van der Waals surface area contributed by atoms with Gasteiger partial charge >= 0.3 is 0 Å². The van der Waals surface area contributed by atoms with E-state index in [-0.39, 0.29) is 43.5 Å². The van der Waals surface area contributed by atoms with Crippen LogP contribution in [0.4, 0.5) is 0 Å². The van der Waals surface area contributed by atoms with Gasteiger partial charge in [-0.2, -0.15) is 0 Å². The van der Waals surface area contributed by atoms with Crippen molar-refractivity contribution in [1.82, 2.24) is 9.97 Å². The standard InChI is InChI=1S/C20H13N2OS.C13H24O2.Ir/c1-11-10-24-18-9-21-17(8-16(11)18)15-5-3-4-13-14-7-6-12(2)22-20(14)23-19(13)15;1-5-10(6-2)12(14)9-13(15)11(7-3)8-4;/h3-4,6-10H,1-2H3;9-11,14H,5-8H2,1-4H3;/q-1;;/b;12-9-;. The van der Waals surface area contributed by atoms with E-state index in [0.29, 0.717) is 5.71 Å². The van der Waals surface area contributed by atoms with Gasteiger partial charge in [-0.25, -0.2) is 4.98 Å². The number of furan rings is 1. The summed E-state index contributed by atoms with van der Waals surface area (Å²) in [5.41, 5.74) is 5.44. The molecule has 0 bridgehead atoms. The van der Waals surface area contributed by atoms with E-state index in [9.17, 15) is 9.90 Å². The third-order valence-corrected chi connectivity index (χ3v) is 8.48. The molecule has 0 fully saturated rings. The fourth-order valence-corrected chi connectivity index (χ4v) is 5.77. The first kappa shape index (κ1) is 31.7. The molecule has 0 atom stereocenters. The number of pyridine rings is 2. The van der Waals surface area contributed by atoms with Crippen LogP contribution in [0.5, 0.6) is 0 Å². The number of aliphatic hydroxyl groups excluding tert-OH is 1. The summed E-state index contributed by atoms with van der Waals surface area (Å²) in [7, 11) is 0. The molecule has 0 saturated heterocycles. The first-order valence-corrected chi connectivity index (χ1v) is 14.7. The second-order valence-corrected chi connectivity index (χ2v) is 10.9. The number of rotatable bonds is 8. The quantitative estimate of drug-likeness (QED) is 0.0977. The molecule has 1 radical (unpaired) electrons. The monoisotopic (exact) mass is 734 g/mol. The number of nitrogens with zero attached hydrogens (tertiary/aromatic N) is 2. The molecule has 0 amide bonds. The molecule has 0 aliphatic heterocycles. The maximum absolute atomic E-state index is 11.7. The van der Waals surface area contributed by atoms with Crippen LogP contribution >= 0.6 is 11.3 Å². The van der Waals surface area contributed by atoms with Crippen LogP contribution in [-0.4, -0.2) is 20.9 Å². The van der Waals surface area contributed by atoms with Gasteiger partial charge in [-0.3, -0.25) is 4.79 Å². The first-order valence-electron chi connectivity index (χ1n) is 13.8. The maximum Gasteiger partial charge on any atom is 0.216 e. The summed E-state index contributed by atoms with van der Waals surface area (Å²) < 4.78 is 7.26. The summed E-state index contributed by atoms with van der Waals surface area (Å²) >= 11 is 1.72. The Morgan fingerprint density at radius 3 is 2.40 bits per heavy atom. The van der Waals surface area contributed by atoms with E-state index in [1.54, 1.807) is 11.3 Å². The molecule has 4 aromatic heterocycles. The van der Waals surface area contributed by atoms with E-state index >= 15 is 0 Å². The van der Waals surface area contributed by atoms with Crippen molar-refractivity contribution in [3.05, 3.63) is 71.1 Å². The van der Waals surface area contributed by atoms with Crippen LogP contribution in [-0.2, 0) is 24.9 Å². The van der Waals surface area contributed by atoms with Crippen LogP contribution in [0.15, 0.2) is 58.2 Å². The fourth-order valence-electron chi connectivity index (χ4n) is 4.88. The third kappa shape index (κ3) is 6.71. The van der Waals surface area contributed by atoms with Gasteiger partial charge in [-0.05, 0) is 73.7 Å². The molecular weight excluding hydrogens is 697 g/mol. The number of fused-ring (bicyclic) bond motifs is 4. The summed E-state index contributed by atoms with van der Waals surface area (Å²) in [5.74, 6) is 0.547. The number of ketones is 1. The number of thiophene rings is 1. The number of allylic oxidation sites excluding steroid dienone is 2. The summed E-state index contributed by atoms with van der Waals surface area (Å²) in [6, 6.07) is 13.4. The number of carbonyl (C=O) groups is 1. The molecule has 4 heterocycles. The molecule has 0 spiro atoms. The second-order valence-electron chi connectivity index (χ2n) is 9.99. The second kappa shape index (κ2) is 14.2. The van der Waals surface area contributed by atoms with E-state index in [2.05, 4.69) is 40.5 Å². The molecule has 5 nitrogen and oxygen atoms in total. The fraction of sp³-hybridized carbons (Fsp3) is 0.364. The Labute approximate surface area is 254 Å². The topological polar surface area (TPSA) is 76.2 Å². The van der Waals surface area contributed by atoms with Gasteiger partial charge in [-0.1, -0.05) is 44.7 Å². The van der Waals surface area contributed by atoms with E-state index in [0.717, 1.165) is 59.0 Å². The van der Waals surface area contributed by atoms with Gasteiger partial charge in [0.2, 0.25) is 5.71 Å². The van der Waals surface area contributed by atoms with Crippen molar-refractivity contribution >= 4 is 49.3 Å². The minimum absolute atomic E-state index is 0. The molecule has 213 valence electrons. The Morgan fingerprint density at radius 2 is 1.73 bits per heavy atom. The van der Waals surface area contributed by atoms with Crippen LogP contribution in [0, 0.1) is 31.7 Å². The first-order chi connectivity index (χ1) is 18.8. The number of aryl methyl sites for hydroxylation is 2. The van der Waals surface area contributed by atoms with E-state index in [1.165, 1.54) is 21.7 Å². The van der Waals surface area contributed by atoms with Gasteiger partial charge in [0.05, 0.1) is 16.0 Å². The van der Waals surface area contributed by atoms with Gasteiger partial charge in [0.25, 0.3) is 0 Å². The number of aliphatic hydroxyl groups is 1. The van der Waals surface area contributed by atoms with Gasteiger partial charge in [-0.15, -0.1) is 29.5 Å². The van der Waals surface area contributed by atoms with Crippen LogP contribution in [0.25, 0.3) is 43.4 Å². The number of hydrogen-bond acceptors (Lipinski definition) is 6. The van der Waals surface area contributed by atoms with Crippen molar-refractivity contribution in [3.63, 3.8) is 0 Å². The Kier molecular flexibility index (Phi) is 11.2. The summed E-state index contributed by atoms with van der Waals surface area (Å²) in [4.78, 5) is 20.8. The molecule has 5 rings (SSSR count). The minimum atomic E-state index is 0. The zero-order valence-corrected chi connectivity index (χ0v) is 27.2. The molecule has 0 aliphatic rings. The normalized spacial score (nSPS) is 11.8. The van der Waals surface area contributed by atoms with Crippen LogP contribution in [0.1, 0.15) is 64.6 Å². The maximum atomic E-state index is 11.7. The Hall–Kier alpha value is -2.86. The van der Waals surface area contributed by atoms with Gasteiger partial charge in [0, 0.05) is 55.3 Å². The van der Waals surface area contributed by atoms with E-state index in [1.807, 2.05) is 59.0 Å². The van der Waals surface area contributed by atoms with Crippen LogP contribution < -0.4 is 0 Å². The molecule has 5 aromatic rings. The smallest absolute Gasteiger partial charge is 0.216 e. The van der Waals surface area contributed by atoms with Crippen molar-refractivity contribution in [1.29, 1.82) is 0 Å². The third-order valence-electron chi connectivity index (χ3n) is 7.43. The van der Waals surface area contributed by atoms with Crippen LogP contribution in [0.3, 0.4) is 0 Å². The number of hydrogen-bond donors (Lipinski definition) is 1. The molecule has 1 N–H and O–H groups in total. The van der Waals surface area contributed by atoms with Crippen LogP contribution in [0.2, 0.25) is 0 Å². The molecular formula is C33H37IrN2O3S-. The zero-order chi connectivity index (χ0) is 28.1. The van der Waals surface area contributed by atoms with Gasteiger partial charge in [0.15, 0.2) is 5.78 Å². The SMILES string of the molecule is CCC(CC)C(=O)/C=C(\O)C(CC)CC.Cc1ccc2c(n1)oc1c(-c3cc4c(C)csc4cn3)[c-]ccc12.[Ir]. The molecule has 0 saturated carbocycles. The molecule has 40 heavy (non-hydrogen) atoms. The predicted octanol–water partition coefficient (Wildman–Crippen LogP) is 9.54. The van der Waals surface area contributed by atoms with Crippen molar-refractivity contribution in [2.24, 2.45) is 11.8 Å². The van der Waals surface area contributed by atoms with Crippen molar-refractivity contribution in [2.45, 2.75) is 67.2 Å². The molecule has 0 unspecified atom stereocenters. The largest absolute Gasteiger partial charge is 0.512 e. The Morgan fingerprint density at radius 1 is 1.02 bits per heavy atom. The van der Waals surface area contributed by atoms with Gasteiger partial charge < -0.3 is 14.5 Å². The average molecular weight is 734 g/mol. The van der Waals surface area contributed by atoms with Crippen molar-refractivity contribution in [2.75, 3.05) is 0 Å². The van der Waals surface area contributed by atoms with Gasteiger partial charge in [0.1, 0.15) is 0 Å². The van der Waals surface area contributed by atoms with E-state index < -0.39 is 0 Å². The molecule has 0 aliphatic carbocycles. The summed E-state index contributed by atoms with van der Waals surface area (Å²) in [6.07, 6.45) is 6.84. The number of carbonyl (C=O) groups excluding carboxylic acids is 1. The summed E-state index contributed by atoms with van der Waals surface area (Å²) in [6.45, 7) is 12.2. The molecule has 1 aromatic carbocycles. The molecule has 7 heteroatoms.